The fourth-order valence-corrected chi connectivity index (χ4v) is 3.52. The van der Waals surface area contributed by atoms with Crippen LogP contribution in [-0.4, -0.2) is 64.2 Å². The van der Waals surface area contributed by atoms with Gasteiger partial charge in [-0.05, 0) is 18.6 Å². The summed E-state index contributed by atoms with van der Waals surface area (Å²) in [5, 5.41) is 17.9. The number of anilines is 3. The normalized spacial score (nSPS) is 15.4. The summed E-state index contributed by atoms with van der Waals surface area (Å²) in [6.07, 6.45) is 1.81. The van der Waals surface area contributed by atoms with Gasteiger partial charge in [-0.1, -0.05) is 18.2 Å². The monoisotopic (exact) mass is 368 g/mol. The molecule has 4 rings (SSSR count). The van der Waals surface area contributed by atoms with Gasteiger partial charge in [-0.25, -0.2) is 0 Å². The Morgan fingerprint density at radius 2 is 1.96 bits per heavy atom. The molecular weight excluding hydrogens is 342 g/mol. The largest absolute Gasteiger partial charge is 0.391 e. The Balaban J connectivity index is 1.66. The van der Waals surface area contributed by atoms with Gasteiger partial charge in [0.2, 0.25) is 5.95 Å². The first-order valence-corrected chi connectivity index (χ1v) is 9.37. The van der Waals surface area contributed by atoms with Crippen molar-refractivity contribution in [2.24, 2.45) is 7.05 Å². The predicted molar refractivity (Wildman–Crippen MR) is 106 cm³/mol. The standard InChI is InChI=1S/C19H25N7O/c1-14-5-3-4-6-16(14)21-17-15-13-20-24(2)18(15)23-19(22-17)26-9-7-25(8-10-26)11-12-27/h3-6,13,27H,7-12H2,1-2H3,(H,21,22,23)/p+1. The molecule has 0 radical (unpaired) electrons. The fourth-order valence-electron chi connectivity index (χ4n) is 3.52. The van der Waals surface area contributed by atoms with Gasteiger partial charge in [0.1, 0.15) is 12.4 Å². The number of benzene rings is 1. The summed E-state index contributed by atoms with van der Waals surface area (Å²) in [5.74, 6) is 1.51. The lowest BCUT2D eigenvalue weighted by molar-refractivity contribution is -0.900. The minimum Gasteiger partial charge on any atom is -0.391 e. The number of aryl methyl sites for hydroxylation is 2. The van der Waals surface area contributed by atoms with Crippen LogP contribution in [0.1, 0.15) is 5.56 Å². The average molecular weight is 368 g/mol. The van der Waals surface area contributed by atoms with Crippen molar-refractivity contribution in [1.82, 2.24) is 19.7 Å². The van der Waals surface area contributed by atoms with E-state index in [1.165, 1.54) is 4.90 Å². The van der Waals surface area contributed by atoms with Crippen molar-refractivity contribution in [2.75, 3.05) is 49.5 Å². The lowest BCUT2D eigenvalue weighted by Gasteiger charge is -2.32. The highest BCUT2D eigenvalue weighted by atomic mass is 16.3. The molecule has 0 spiro atoms. The van der Waals surface area contributed by atoms with E-state index in [0.717, 1.165) is 66.8 Å². The number of hydrogen-bond acceptors (Lipinski definition) is 6. The smallest absolute Gasteiger partial charge is 0.229 e. The number of fused-ring (bicyclic) bond motifs is 1. The van der Waals surface area contributed by atoms with Crippen molar-refractivity contribution >= 4 is 28.5 Å². The predicted octanol–water partition coefficient (Wildman–Crippen LogP) is 0.113. The average Bonchev–Trinajstić information content (AvgIpc) is 3.06. The zero-order valence-electron chi connectivity index (χ0n) is 15.8. The molecular formula is C19H26N7O+. The third-order valence-corrected chi connectivity index (χ3v) is 5.20. The Kier molecular flexibility index (Phi) is 4.91. The number of aromatic nitrogens is 4. The number of hydrogen-bond donors (Lipinski definition) is 3. The van der Waals surface area contributed by atoms with E-state index in [2.05, 4.69) is 34.4 Å². The molecule has 1 aromatic carbocycles. The Morgan fingerprint density at radius 1 is 1.19 bits per heavy atom. The molecule has 1 saturated heterocycles. The van der Waals surface area contributed by atoms with Gasteiger partial charge in [-0.2, -0.15) is 15.1 Å². The highest BCUT2D eigenvalue weighted by Crippen LogP contribution is 2.27. The van der Waals surface area contributed by atoms with Gasteiger partial charge in [0.25, 0.3) is 0 Å². The first-order valence-electron chi connectivity index (χ1n) is 9.37. The summed E-state index contributed by atoms with van der Waals surface area (Å²) in [4.78, 5) is 13.3. The number of para-hydroxylation sites is 1. The SMILES string of the molecule is Cc1ccccc1Nc1nc(N2CC[NH+](CCO)CC2)nc2c1cnn2C. The second kappa shape index (κ2) is 7.50. The number of aliphatic hydroxyl groups excluding tert-OH is 1. The number of nitrogens with zero attached hydrogens (tertiary/aromatic N) is 5. The van der Waals surface area contributed by atoms with Crippen LogP contribution in [0.3, 0.4) is 0 Å². The van der Waals surface area contributed by atoms with Crippen LogP contribution in [-0.2, 0) is 7.05 Å². The minimum atomic E-state index is 0.233. The maximum Gasteiger partial charge on any atom is 0.229 e. The van der Waals surface area contributed by atoms with E-state index in [9.17, 15) is 0 Å². The summed E-state index contributed by atoms with van der Waals surface area (Å²) in [5.41, 5.74) is 3.02. The molecule has 0 aliphatic carbocycles. The van der Waals surface area contributed by atoms with Gasteiger partial charge >= 0.3 is 0 Å². The molecule has 0 amide bonds. The topological polar surface area (TPSA) is 83.5 Å². The van der Waals surface area contributed by atoms with E-state index in [-0.39, 0.29) is 6.61 Å². The summed E-state index contributed by atoms with van der Waals surface area (Å²) in [6, 6.07) is 8.17. The van der Waals surface area contributed by atoms with Crippen LogP contribution in [0.15, 0.2) is 30.5 Å². The van der Waals surface area contributed by atoms with Crippen LogP contribution in [0, 0.1) is 6.92 Å². The number of rotatable bonds is 5. The number of piperazine rings is 1. The van der Waals surface area contributed by atoms with E-state index in [1.54, 1.807) is 4.68 Å². The molecule has 2 aromatic heterocycles. The Bertz CT molecular complexity index is 931. The lowest BCUT2D eigenvalue weighted by atomic mass is 10.2. The van der Waals surface area contributed by atoms with Gasteiger partial charge < -0.3 is 20.2 Å². The summed E-state index contributed by atoms with van der Waals surface area (Å²) in [6.45, 7) is 6.83. The molecule has 27 heavy (non-hydrogen) atoms. The molecule has 0 bridgehead atoms. The zero-order valence-corrected chi connectivity index (χ0v) is 15.8. The molecule has 0 unspecified atom stereocenters. The van der Waals surface area contributed by atoms with Crippen LogP contribution < -0.4 is 15.1 Å². The molecule has 3 heterocycles. The van der Waals surface area contributed by atoms with E-state index < -0.39 is 0 Å². The Labute approximate surface area is 158 Å². The number of nitrogens with one attached hydrogen (secondary N) is 2. The van der Waals surface area contributed by atoms with Crippen molar-refractivity contribution in [3.8, 4) is 0 Å². The molecule has 142 valence electrons. The van der Waals surface area contributed by atoms with E-state index in [4.69, 9.17) is 15.1 Å². The van der Waals surface area contributed by atoms with Crippen LogP contribution in [0.4, 0.5) is 17.5 Å². The molecule has 8 heteroatoms. The maximum atomic E-state index is 9.15. The summed E-state index contributed by atoms with van der Waals surface area (Å²) in [7, 11) is 1.90. The molecule has 1 aliphatic heterocycles. The van der Waals surface area contributed by atoms with Crippen LogP contribution in [0.5, 0.6) is 0 Å². The molecule has 8 nitrogen and oxygen atoms in total. The molecule has 1 fully saturated rings. The first kappa shape index (κ1) is 17.7. The summed E-state index contributed by atoms with van der Waals surface area (Å²) < 4.78 is 1.79. The molecule has 1 aliphatic rings. The third kappa shape index (κ3) is 3.58. The van der Waals surface area contributed by atoms with Gasteiger partial charge in [0.05, 0.1) is 44.4 Å². The molecule has 3 aromatic rings. The first-order chi connectivity index (χ1) is 13.2. The summed E-state index contributed by atoms with van der Waals surface area (Å²) >= 11 is 0. The second-order valence-corrected chi connectivity index (χ2v) is 7.03. The van der Waals surface area contributed by atoms with E-state index >= 15 is 0 Å². The van der Waals surface area contributed by atoms with Gasteiger partial charge in [0, 0.05) is 12.7 Å². The highest BCUT2D eigenvalue weighted by molar-refractivity contribution is 5.89. The van der Waals surface area contributed by atoms with E-state index in [0.29, 0.717) is 0 Å². The van der Waals surface area contributed by atoms with Crippen molar-refractivity contribution in [2.45, 2.75) is 6.92 Å². The highest BCUT2D eigenvalue weighted by Gasteiger charge is 2.23. The Hall–Kier alpha value is -2.71. The van der Waals surface area contributed by atoms with Gasteiger partial charge in [-0.15, -0.1) is 0 Å². The van der Waals surface area contributed by atoms with Crippen molar-refractivity contribution in [3.05, 3.63) is 36.0 Å². The number of quaternary nitrogens is 1. The zero-order chi connectivity index (χ0) is 18.8. The quantitative estimate of drug-likeness (QED) is 0.593. The molecule has 0 saturated carbocycles. The lowest BCUT2D eigenvalue weighted by Crippen LogP contribution is -3.15. The minimum absolute atomic E-state index is 0.233. The maximum absolute atomic E-state index is 9.15. The van der Waals surface area contributed by atoms with Crippen molar-refractivity contribution < 1.29 is 10.0 Å². The van der Waals surface area contributed by atoms with Crippen molar-refractivity contribution in [1.29, 1.82) is 0 Å². The van der Waals surface area contributed by atoms with E-state index in [1.807, 2.05) is 25.4 Å². The second-order valence-electron chi connectivity index (χ2n) is 7.03. The van der Waals surface area contributed by atoms with Crippen LogP contribution in [0.25, 0.3) is 11.0 Å². The van der Waals surface area contributed by atoms with Crippen molar-refractivity contribution in [3.63, 3.8) is 0 Å². The fraction of sp³-hybridized carbons (Fsp3) is 0.421. The van der Waals surface area contributed by atoms with Gasteiger partial charge in [0.15, 0.2) is 5.65 Å². The third-order valence-electron chi connectivity index (χ3n) is 5.20. The van der Waals surface area contributed by atoms with Crippen LogP contribution in [0.2, 0.25) is 0 Å². The molecule has 0 atom stereocenters. The Morgan fingerprint density at radius 3 is 2.70 bits per heavy atom. The number of aliphatic hydroxyl groups is 1. The van der Waals surface area contributed by atoms with Crippen LogP contribution >= 0.6 is 0 Å². The van der Waals surface area contributed by atoms with Gasteiger partial charge in [-0.3, -0.25) is 4.68 Å². The molecule has 3 N–H and O–H groups in total.